The van der Waals surface area contributed by atoms with Crippen LogP contribution in [0.4, 0.5) is 21.3 Å². The van der Waals surface area contributed by atoms with Gasteiger partial charge in [0.05, 0.1) is 11.2 Å². The first-order valence-corrected chi connectivity index (χ1v) is 8.03. The fraction of sp³-hybridized carbons (Fsp3) is 0.143. The number of thiazole rings is 1. The molecular formula is C14H13ClN6O2S. The molecule has 3 heterocycles. The quantitative estimate of drug-likeness (QED) is 0.687. The van der Waals surface area contributed by atoms with Gasteiger partial charge in [0.25, 0.3) is 5.88 Å². The maximum Gasteiger partial charge on any atom is 0.418 e. The topological polar surface area (TPSA) is 94.0 Å². The van der Waals surface area contributed by atoms with Gasteiger partial charge < -0.3 is 10.1 Å². The summed E-state index contributed by atoms with van der Waals surface area (Å²) in [4.78, 5) is 20.1. The smallest absolute Gasteiger partial charge is 0.388 e. The van der Waals surface area contributed by atoms with Crippen molar-refractivity contribution in [1.82, 2.24) is 19.7 Å². The lowest BCUT2D eigenvalue weighted by molar-refractivity contribution is 0.214. The number of ether oxygens (including phenoxy) is 1. The summed E-state index contributed by atoms with van der Waals surface area (Å²) in [5.74, 6) is 0.946. The van der Waals surface area contributed by atoms with Crippen LogP contribution in [0.3, 0.4) is 0 Å². The largest absolute Gasteiger partial charge is 0.418 e. The van der Waals surface area contributed by atoms with Crippen LogP contribution < -0.4 is 15.4 Å². The monoisotopic (exact) mass is 364 g/mol. The molecule has 3 aromatic heterocycles. The number of hydrogen-bond donors (Lipinski definition) is 2. The average molecular weight is 365 g/mol. The van der Waals surface area contributed by atoms with E-state index in [4.69, 9.17) is 16.3 Å². The fourth-order valence-corrected chi connectivity index (χ4v) is 2.81. The van der Waals surface area contributed by atoms with E-state index in [9.17, 15) is 4.79 Å². The molecule has 0 aliphatic carbocycles. The molecule has 0 aromatic carbocycles. The van der Waals surface area contributed by atoms with Crippen molar-refractivity contribution in [1.29, 1.82) is 0 Å². The van der Waals surface area contributed by atoms with E-state index in [1.165, 1.54) is 23.6 Å². The van der Waals surface area contributed by atoms with Crippen LogP contribution in [0.1, 0.15) is 5.01 Å². The number of nitrogens with zero attached hydrogens (tertiary/aromatic N) is 4. The lowest BCUT2D eigenvalue weighted by atomic mass is 10.4. The Kier molecular flexibility index (Phi) is 4.63. The van der Waals surface area contributed by atoms with Gasteiger partial charge in [0.1, 0.15) is 11.0 Å². The summed E-state index contributed by atoms with van der Waals surface area (Å²) < 4.78 is 6.96. The molecule has 0 unspecified atom stereocenters. The zero-order chi connectivity index (χ0) is 17.1. The number of carbonyl (C=O) groups is 1. The number of nitrogens with one attached hydrogen (secondary N) is 2. The highest BCUT2D eigenvalue weighted by molar-refractivity contribution is 7.16. The molecule has 0 bridgehead atoms. The van der Waals surface area contributed by atoms with Crippen LogP contribution >= 0.6 is 22.9 Å². The molecule has 0 saturated heterocycles. The molecule has 1 amide bonds. The molecule has 0 aliphatic heterocycles. The second-order valence-electron chi connectivity index (χ2n) is 4.71. The second-order valence-corrected chi connectivity index (χ2v) is 6.30. The first kappa shape index (κ1) is 16.2. The first-order chi connectivity index (χ1) is 11.5. The number of anilines is 3. The highest BCUT2D eigenvalue weighted by Gasteiger charge is 2.16. The summed E-state index contributed by atoms with van der Waals surface area (Å²) in [6.45, 7) is 1.83. The number of aromatic nitrogens is 4. The van der Waals surface area contributed by atoms with Gasteiger partial charge in [0.2, 0.25) is 0 Å². The summed E-state index contributed by atoms with van der Waals surface area (Å²) in [6.07, 6.45) is 2.48. The zero-order valence-corrected chi connectivity index (χ0v) is 14.4. The van der Waals surface area contributed by atoms with Crippen molar-refractivity contribution < 1.29 is 9.53 Å². The van der Waals surface area contributed by atoms with Crippen LogP contribution in [-0.4, -0.2) is 25.8 Å². The van der Waals surface area contributed by atoms with Gasteiger partial charge in [-0.25, -0.2) is 14.8 Å². The van der Waals surface area contributed by atoms with E-state index in [2.05, 4.69) is 25.7 Å². The van der Waals surface area contributed by atoms with Gasteiger partial charge in [-0.2, -0.15) is 5.10 Å². The minimum atomic E-state index is -0.671. The molecule has 3 rings (SSSR count). The van der Waals surface area contributed by atoms with Crippen molar-refractivity contribution in [3.05, 3.63) is 40.8 Å². The fourth-order valence-electron chi connectivity index (χ4n) is 1.88. The van der Waals surface area contributed by atoms with Gasteiger partial charge in [-0.15, -0.1) is 0 Å². The van der Waals surface area contributed by atoms with Gasteiger partial charge in [0, 0.05) is 25.0 Å². The highest BCUT2D eigenvalue weighted by Crippen LogP contribution is 2.33. The molecule has 10 heteroatoms. The van der Waals surface area contributed by atoms with Crippen LogP contribution in [0.15, 0.2) is 30.6 Å². The van der Waals surface area contributed by atoms with Crippen LogP contribution in [0.25, 0.3) is 0 Å². The molecule has 3 aromatic rings. The molecule has 124 valence electrons. The number of halogens is 1. The van der Waals surface area contributed by atoms with Gasteiger partial charge in [-0.05, 0) is 19.1 Å². The maximum absolute atomic E-state index is 12.0. The van der Waals surface area contributed by atoms with Gasteiger partial charge in [-0.1, -0.05) is 22.9 Å². The van der Waals surface area contributed by atoms with Crippen LogP contribution in [0.5, 0.6) is 5.88 Å². The number of amides is 1. The Hall–Kier alpha value is -2.65. The Bertz CT molecular complexity index is 878. The standard InChI is InChI=1S/C14H13ClN6O2S/c1-8-18-12(13(24-8)20-11-4-6-17-21(11)2)23-14(22)19-9-3-5-16-10(15)7-9/h3-7,20H,1-2H3,(H,16,19,22). The van der Waals surface area contributed by atoms with E-state index >= 15 is 0 Å². The Balaban J connectivity index is 1.73. The van der Waals surface area contributed by atoms with Crippen LogP contribution in [0, 0.1) is 6.92 Å². The van der Waals surface area contributed by atoms with Gasteiger partial charge in [0.15, 0.2) is 5.00 Å². The van der Waals surface area contributed by atoms with Gasteiger partial charge >= 0.3 is 6.09 Å². The molecule has 24 heavy (non-hydrogen) atoms. The number of aryl methyl sites for hydroxylation is 2. The molecule has 2 N–H and O–H groups in total. The SMILES string of the molecule is Cc1nc(OC(=O)Nc2ccnc(Cl)c2)c(Nc2ccnn2C)s1. The predicted molar refractivity (Wildman–Crippen MR) is 92.2 cm³/mol. The van der Waals surface area contributed by atoms with E-state index in [0.29, 0.717) is 10.7 Å². The molecule has 0 aliphatic rings. The zero-order valence-electron chi connectivity index (χ0n) is 12.8. The number of pyridine rings is 1. The van der Waals surface area contributed by atoms with E-state index in [-0.39, 0.29) is 11.0 Å². The normalized spacial score (nSPS) is 10.5. The third-order valence-electron chi connectivity index (χ3n) is 2.93. The van der Waals surface area contributed by atoms with Crippen molar-refractivity contribution in [2.45, 2.75) is 6.92 Å². The van der Waals surface area contributed by atoms with E-state index in [1.807, 2.05) is 6.92 Å². The third-order valence-corrected chi connectivity index (χ3v) is 4.00. The highest BCUT2D eigenvalue weighted by atomic mass is 35.5. The predicted octanol–water partition coefficient (Wildman–Crippen LogP) is 3.59. The minimum Gasteiger partial charge on any atom is -0.388 e. The summed E-state index contributed by atoms with van der Waals surface area (Å²) >= 11 is 7.15. The lowest BCUT2D eigenvalue weighted by Gasteiger charge is -2.08. The average Bonchev–Trinajstić information content (AvgIpc) is 3.06. The molecular weight excluding hydrogens is 352 g/mol. The lowest BCUT2D eigenvalue weighted by Crippen LogP contribution is -2.17. The van der Waals surface area contributed by atoms with E-state index < -0.39 is 6.09 Å². The Morgan fingerprint density at radius 2 is 2.21 bits per heavy atom. The van der Waals surface area contributed by atoms with Crippen LogP contribution in [0.2, 0.25) is 5.15 Å². The van der Waals surface area contributed by atoms with Crippen molar-refractivity contribution in [2.24, 2.45) is 7.05 Å². The summed E-state index contributed by atoms with van der Waals surface area (Å²) in [7, 11) is 1.80. The first-order valence-electron chi connectivity index (χ1n) is 6.84. The summed E-state index contributed by atoms with van der Waals surface area (Å²) in [5.41, 5.74) is 0.480. The van der Waals surface area contributed by atoms with Gasteiger partial charge in [-0.3, -0.25) is 10.00 Å². The molecule has 0 spiro atoms. The Labute approximate surface area is 146 Å². The van der Waals surface area contributed by atoms with Crippen molar-refractivity contribution in [2.75, 3.05) is 10.6 Å². The molecule has 8 nitrogen and oxygen atoms in total. The Morgan fingerprint density at radius 1 is 1.38 bits per heavy atom. The molecule has 0 saturated carbocycles. The summed E-state index contributed by atoms with van der Waals surface area (Å²) in [6, 6.07) is 4.93. The summed E-state index contributed by atoms with van der Waals surface area (Å²) in [5, 5.41) is 11.4. The maximum atomic E-state index is 12.0. The van der Waals surface area contributed by atoms with Crippen molar-refractivity contribution in [3.8, 4) is 5.88 Å². The minimum absolute atomic E-state index is 0.191. The number of rotatable bonds is 4. The van der Waals surface area contributed by atoms with Crippen LogP contribution in [-0.2, 0) is 7.05 Å². The number of carbonyl (C=O) groups excluding carboxylic acids is 1. The molecule has 0 fully saturated rings. The van der Waals surface area contributed by atoms with E-state index in [1.54, 1.807) is 30.1 Å². The number of hydrogen-bond acceptors (Lipinski definition) is 7. The van der Waals surface area contributed by atoms with E-state index in [0.717, 1.165) is 10.8 Å². The molecule has 0 radical (unpaired) electrons. The second kappa shape index (κ2) is 6.85. The van der Waals surface area contributed by atoms with Crippen molar-refractivity contribution in [3.63, 3.8) is 0 Å². The Morgan fingerprint density at radius 3 is 2.92 bits per heavy atom. The third kappa shape index (κ3) is 3.81. The van der Waals surface area contributed by atoms with Crippen molar-refractivity contribution >= 4 is 45.5 Å². The molecule has 0 atom stereocenters.